The number of sulfone groups is 1. The first-order valence-electron chi connectivity index (χ1n) is 7.90. The fraction of sp³-hybridized carbons (Fsp3) is 0.263. The van der Waals surface area contributed by atoms with Crippen LogP contribution in [0.5, 0.6) is 0 Å². The molecule has 7 heteroatoms. The largest absolute Gasteiger partial charge is 0.416 e. The molecule has 1 unspecified atom stereocenters. The van der Waals surface area contributed by atoms with Crippen molar-refractivity contribution in [3.05, 3.63) is 65.2 Å². The molecule has 0 heterocycles. The Morgan fingerprint density at radius 2 is 1.27 bits per heavy atom. The first-order chi connectivity index (χ1) is 12.1. The molecular weight excluding hydrogens is 368 g/mol. The summed E-state index contributed by atoms with van der Waals surface area (Å²) in [5.41, 5.74) is 1.80. The van der Waals surface area contributed by atoms with Crippen molar-refractivity contribution in [3.8, 4) is 0 Å². The van der Waals surface area contributed by atoms with Crippen molar-refractivity contribution in [1.29, 1.82) is 0 Å². The van der Waals surface area contributed by atoms with Crippen molar-refractivity contribution in [2.24, 2.45) is 0 Å². The molecule has 0 aromatic heterocycles. The van der Waals surface area contributed by atoms with Crippen LogP contribution >= 0.6 is 0 Å². The Balaban J connectivity index is 2.00. The van der Waals surface area contributed by atoms with Crippen LogP contribution in [-0.2, 0) is 16.0 Å². The SMILES string of the molecule is CS(=O)(=O)c1ccc(C2=C(c3ccc(C(F)(F)F)cc3)CC(F)C2)cc1. The van der Waals surface area contributed by atoms with E-state index in [9.17, 15) is 26.0 Å². The van der Waals surface area contributed by atoms with Crippen LogP contribution < -0.4 is 0 Å². The number of halogens is 4. The summed E-state index contributed by atoms with van der Waals surface area (Å²) in [6.07, 6.45) is -4.17. The highest BCUT2D eigenvalue weighted by Crippen LogP contribution is 2.42. The molecule has 2 aromatic rings. The van der Waals surface area contributed by atoms with Crippen LogP contribution in [-0.4, -0.2) is 20.8 Å². The summed E-state index contributed by atoms with van der Waals surface area (Å²) in [5, 5.41) is 0. The van der Waals surface area contributed by atoms with Gasteiger partial charge < -0.3 is 0 Å². The van der Waals surface area contributed by atoms with Gasteiger partial charge in [0.1, 0.15) is 6.17 Å². The van der Waals surface area contributed by atoms with Crippen molar-refractivity contribution in [2.45, 2.75) is 30.1 Å². The molecule has 1 aliphatic carbocycles. The molecule has 2 aromatic carbocycles. The monoisotopic (exact) mass is 384 g/mol. The van der Waals surface area contributed by atoms with Crippen molar-refractivity contribution < 1.29 is 26.0 Å². The second-order valence-corrected chi connectivity index (χ2v) is 8.35. The maximum Gasteiger partial charge on any atom is 0.416 e. The van der Waals surface area contributed by atoms with Gasteiger partial charge >= 0.3 is 6.18 Å². The first-order valence-corrected chi connectivity index (χ1v) is 9.79. The molecular formula is C19H16F4O2S. The third-order valence-electron chi connectivity index (χ3n) is 4.41. The van der Waals surface area contributed by atoms with E-state index in [1.165, 1.54) is 24.3 Å². The summed E-state index contributed by atoms with van der Waals surface area (Å²) < 4.78 is 75.3. The molecule has 0 fully saturated rings. The average Bonchev–Trinajstić information content (AvgIpc) is 2.95. The van der Waals surface area contributed by atoms with Gasteiger partial charge in [-0.2, -0.15) is 13.2 Å². The predicted octanol–water partition coefficient (Wildman–Crippen LogP) is 5.15. The van der Waals surface area contributed by atoms with E-state index in [2.05, 4.69) is 0 Å². The van der Waals surface area contributed by atoms with Gasteiger partial charge in [0.15, 0.2) is 9.84 Å². The number of hydrogen-bond acceptors (Lipinski definition) is 2. The van der Waals surface area contributed by atoms with Crippen molar-refractivity contribution in [3.63, 3.8) is 0 Å². The van der Waals surface area contributed by atoms with E-state index in [1.807, 2.05) is 0 Å². The Bertz CT molecular complexity index is 941. The Labute approximate surface area is 149 Å². The van der Waals surface area contributed by atoms with E-state index in [-0.39, 0.29) is 17.7 Å². The van der Waals surface area contributed by atoms with Gasteiger partial charge in [-0.05, 0) is 46.5 Å². The molecule has 1 atom stereocenters. The minimum absolute atomic E-state index is 0.120. The molecule has 0 radical (unpaired) electrons. The topological polar surface area (TPSA) is 34.1 Å². The maximum absolute atomic E-state index is 14.0. The van der Waals surface area contributed by atoms with E-state index < -0.39 is 27.7 Å². The van der Waals surface area contributed by atoms with Gasteiger partial charge in [-0.25, -0.2) is 12.8 Å². The number of rotatable bonds is 3. The Kier molecular flexibility index (Phi) is 4.69. The van der Waals surface area contributed by atoms with E-state index in [1.54, 1.807) is 12.1 Å². The number of allylic oxidation sites excluding steroid dienone is 2. The summed E-state index contributed by atoms with van der Waals surface area (Å²) in [6, 6.07) is 10.8. The Hall–Kier alpha value is -2.15. The molecule has 3 rings (SSSR count). The lowest BCUT2D eigenvalue weighted by atomic mass is 9.96. The van der Waals surface area contributed by atoms with Crippen LogP contribution in [0.4, 0.5) is 17.6 Å². The van der Waals surface area contributed by atoms with Gasteiger partial charge in [0.25, 0.3) is 0 Å². The fourth-order valence-electron chi connectivity index (χ4n) is 3.11. The molecule has 0 bridgehead atoms. The molecule has 138 valence electrons. The molecule has 0 saturated heterocycles. The van der Waals surface area contributed by atoms with E-state index in [4.69, 9.17) is 0 Å². The third-order valence-corrected chi connectivity index (χ3v) is 5.54. The second-order valence-electron chi connectivity index (χ2n) is 6.33. The third kappa shape index (κ3) is 3.82. The number of alkyl halides is 4. The van der Waals surface area contributed by atoms with Crippen LogP contribution in [0.1, 0.15) is 29.5 Å². The normalized spacial score (nSPS) is 18.4. The van der Waals surface area contributed by atoms with Gasteiger partial charge in [-0.1, -0.05) is 24.3 Å². The summed E-state index contributed by atoms with van der Waals surface area (Å²) in [5.74, 6) is 0. The predicted molar refractivity (Wildman–Crippen MR) is 91.9 cm³/mol. The second kappa shape index (κ2) is 6.54. The Morgan fingerprint density at radius 1 is 0.846 bits per heavy atom. The van der Waals surface area contributed by atoms with E-state index in [0.29, 0.717) is 22.3 Å². The summed E-state index contributed by atoms with van der Waals surface area (Å²) in [7, 11) is -3.33. The van der Waals surface area contributed by atoms with Crippen LogP contribution in [0, 0.1) is 0 Å². The minimum Gasteiger partial charge on any atom is -0.247 e. The molecule has 0 spiro atoms. The lowest BCUT2D eigenvalue weighted by Crippen LogP contribution is -2.04. The van der Waals surface area contributed by atoms with Gasteiger partial charge in [0, 0.05) is 19.1 Å². The zero-order chi connectivity index (χ0) is 19.1. The quantitative estimate of drug-likeness (QED) is 0.686. The van der Waals surface area contributed by atoms with Gasteiger partial charge in [0.05, 0.1) is 10.5 Å². The van der Waals surface area contributed by atoms with Gasteiger partial charge in [0.2, 0.25) is 0 Å². The molecule has 0 amide bonds. The summed E-state index contributed by atoms with van der Waals surface area (Å²) >= 11 is 0. The lowest BCUT2D eigenvalue weighted by molar-refractivity contribution is -0.137. The van der Waals surface area contributed by atoms with Crippen LogP contribution in [0.15, 0.2) is 53.4 Å². The summed E-state index contributed by atoms with van der Waals surface area (Å²) in [6.45, 7) is 0. The average molecular weight is 384 g/mol. The van der Waals surface area contributed by atoms with Gasteiger partial charge in [-0.15, -0.1) is 0 Å². The van der Waals surface area contributed by atoms with Crippen LogP contribution in [0.2, 0.25) is 0 Å². The minimum atomic E-state index is -4.42. The molecule has 0 aliphatic heterocycles. The highest BCUT2D eigenvalue weighted by atomic mass is 32.2. The zero-order valence-electron chi connectivity index (χ0n) is 13.8. The van der Waals surface area contributed by atoms with Crippen molar-refractivity contribution in [1.82, 2.24) is 0 Å². The molecule has 26 heavy (non-hydrogen) atoms. The smallest absolute Gasteiger partial charge is 0.247 e. The Morgan fingerprint density at radius 3 is 1.65 bits per heavy atom. The van der Waals surface area contributed by atoms with Crippen LogP contribution in [0.25, 0.3) is 11.1 Å². The standard InChI is InChI=1S/C19H16F4O2S/c1-26(24,25)16-8-4-13(5-9-16)18-11-15(20)10-17(18)12-2-6-14(7-3-12)19(21,22)23/h2-9,15H,10-11H2,1H3. The van der Waals surface area contributed by atoms with Gasteiger partial charge in [-0.3, -0.25) is 0 Å². The zero-order valence-corrected chi connectivity index (χ0v) is 14.7. The summed E-state index contributed by atoms with van der Waals surface area (Å²) in [4.78, 5) is 0.160. The number of benzene rings is 2. The molecule has 1 aliphatic rings. The number of hydrogen-bond donors (Lipinski definition) is 0. The molecule has 2 nitrogen and oxygen atoms in total. The van der Waals surface area contributed by atoms with Crippen molar-refractivity contribution in [2.75, 3.05) is 6.26 Å². The first kappa shape index (κ1) is 18.6. The molecule has 0 saturated carbocycles. The van der Waals surface area contributed by atoms with Crippen molar-refractivity contribution >= 4 is 21.0 Å². The van der Waals surface area contributed by atoms with Crippen LogP contribution in [0.3, 0.4) is 0 Å². The maximum atomic E-state index is 14.0. The highest BCUT2D eigenvalue weighted by Gasteiger charge is 2.31. The highest BCUT2D eigenvalue weighted by molar-refractivity contribution is 7.90. The fourth-order valence-corrected chi connectivity index (χ4v) is 3.74. The van der Waals surface area contributed by atoms with E-state index >= 15 is 0 Å². The van der Waals surface area contributed by atoms with E-state index in [0.717, 1.165) is 18.4 Å². The molecule has 0 N–H and O–H groups in total. The lowest BCUT2D eigenvalue weighted by Gasteiger charge is -2.11.